The molecule has 0 radical (unpaired) electrons. The van der Waals surface area contributed by atoms with Crippen LogP contribution in [0, 0.1) is 0 Å². The van der Waals surface area contributed by atoms with Crippen molar-refractivity contribution in [1.29, 1.82) is 0 Å². The molecule has 0 heterocycles. The van der Waals surface area contributed by atoms with Crippen molar-refractivity contribution in [2.24, 2.45) is 0 Å². The first-order valence-electron chi connectivity index (χ1n) is 3.27. The summed E-state index contributed by atoms with van der Waals surface area (Å²) in [7, 11) is 0. The third-order valence-electron chi connectivity index (χ3n) is 1.42. The van der Waals surface area contributed by atoms with Gasteiger partial charge in [-0.3, -0.25) is 4.79 Å². The molecule has 0 fully saturated rings. The highest BCUT2D eigenvalue weighted by molar-refractivity contribution is 7.80. The van der Waals surface area contributed by atoms with Crippen LogP contribution in [-0.2, 0) is 4.79 Å². The van der Waals surface area contributed by atoms with Gasteiger partial charge in [-0.25, -0.2) is 0 Å². The third kappa shape index (κ3) is 2.56. The van der Waals surface area contributed by atoms with Gasteiger partial charge >= 0.3 is 0 Å². The summed E-state index contributed by atoms with van der Waals surface area (Å²) < 4.78 is 0. The standard InChI is InChI=1S/C8H7ClOS/c9-8(10)5-6-3-1-2-4-7(6)11/h1-3H,4-5H2. The molecule has 0 saturated carbocycles. The molecular formula is C8H7ClOS. The van der Waals surface area contributed by atoms with Crippen molar-refractivity contribution in [3.63, 3.8) is 0 Å². The molecule has 0 unspecified atom stereocenters. The molecule has 0 aliphatic heterocycles. The Kier molecular flexibility index (Phi) is 2.97. The van der Waals surface area contributed by atoms with E-state index in [1.54, 1.807) is 0 Å². The summed E-state index contributed by atoms with van der Waals surface area (Å²) in [6.07, 6.45) is 6.71. The van der Waals surface area contributed by atoms with Gasteiger partial charge in [-0.2, -0.15) is 0 Å². The maximum absolute atomic E-state index is 10.5. The maximum atomic E-state index is 10.5. The topological polar surface area (TPSA) is 17.1 Å². The van der Waals surface area contributed by atoms with Gasteiger partial charge in [0.15, 0.2) is 0 Å². The Hall–Kier alpha value is -0.470. The number of hydrogen-bond acceptors (Lipinski definition) is 2. The van der Waals surface area contributed by atoms with Crippen LogP contribution < -0.4 is 0 Å². The number of hydrogen-bond donors (Lipinski definition) is 0. The van der Waals surface area contributed by atoms with E-state index in [1.807, 2.05) is 18.2 Å². The van der Waals surface area contributed by atoms with Gasteiger partial charge in [-0.05, 0) is 17.2 Å². The Labute approximate surface area is 75.7 Å². The number of carbonyl (C=O) groups is 1. The first kappa shape index (κ1) is 8.62. The van der Waals surface area contributed by atoms with Crippen molar-refractivity contribution in [2.45, 2.75) is 12.8 Å². The van der Waals surface area contributed by atoms with Crippen LogP contribution in [0.4, 0.5) is 0 Å². The van der Waals surface area contributed by atoms with Crippen molar-refractivity contribution in [1.82, 2.24) is 0 Å². The molecule has 0 amide bonds. The Bertz CT molecular complexity index is 253. The fourth-order valence-corrected chi connectivity index (χ4v) is 1.27. The third-order valence-corrected chi connectivity index (χ3v) is 1.99. The Morgan fingerprint density at radius 1 is 1.73 bits per heavy atom. The molecular weight excluding hydrogens is 180 g/mol. The van der Waals surface area contributed by atoms with Crippen molar-refractivity contribution in [3.05, 3.63) is 23.8 Å². The molecule has 1 aliphatic carbocycles. The van der Waals surface area contributed by atoms with E-state index in [-0.39, 0.29) is 11.7 Å². The number of carbonyl (C=O) groups excluding carboxylic acids is 1. The highest BCUT2D eigenvalue weighted by Gasteiger charge is 2.08. The summed E-state index contributed by atoms with van der Waals surface area (Å²) in [5.74, 6) is 0. The predicted molar refractivity (Wildman–Crippen MR) is 49.9 cm³/mol. The SMILES string of the molecule is O=C(Cl)CC1=CC=CCC1=S. The van der Waals surface area contributed by atoms with E-state index in [9.17, 15) is 4.79 Å². The van der Waals surface area contributed by atoms with Crippen LogP contribution in [0.5, 0.6) is 0 Å². The highest BCUT2D eigenvalue weighted by atomic mass is 35.5. The molecule has 1 rings (SSSR count). The second kappa shape index (κ2) is 3.79. The summed E-state index contributed by atoms with van der Waals surface area (Å²) in [5, 5.41) is -0.353. The normalized spacial score (nSPS) is 16.5. The molecule has 1 aliphatic rings. The summed E-state index contributed by atoms with van der Waals surface area (Å²) in [4.78, 5) is 11.3. The lowest BCUT2D eigenvalue weighted by atomic mass is 10.0. The minimum Gasteiger partial charge on any atom is -0.281 e. The van der Waals surface area contributed by atoms with E-state index in [4.69, 9.17) is 23.8 Å². The summed E-state index contributed by atoms with van der Waals surface area (Å²) >= 11 is 10.2. The Morgan fingerprint density at radius 2 is 2.45 bits per heavy atom. The van der Waals surface area contributed by atoms with Crippen molar-refractivity contribution < 1.29 is 4.79 Å². The van der Waals surface area contributed by atoms with Gasteiger partial charge < -0.3 is 0 Å². The highest BCUT2D eigenvalue weighted by Crippen LogP contribution is 2.14. The van der Waals surface area contributed by atoms with Crippen LogP contribution in [0.2, 0.25) is 0 Å². The van der Waals surface area contributed by atoms with Crippen LogP contribution in [0.1, 0.15) is 12.8 Å². The largest absolute Gasteiger partial charge is 0.281 e. The minimum absolute atomic E-state index is 0.255. The first-order chi connectivity index (χ1) is 5.20. The average Bonchev–Trinajstić information content (AvgIpc) is 1.93. The minimum atomic E-state index is -0.353. The lowest BCUT2D eigenvalue weighted by molar-refractivity contribution is -0.111. The molecule has 0 saturated heterocycles. The van der Waals surface area contributed by atoms with Gasteiger partial charge in [0.2, 0.25) is 5.24 Å². The predicted octanol–water partition coefficient (Wildman–Crippen LogP) is 2.40. The second-order valence-corrected chi connectivity index (χ2v) is 3.19. The van der Waals surface area contributed by atoms with Gasteiger partial charge in [0.25, 0.3) is 0 Å². The molecule has 58 valence electrons. The monoisotopic (exact) mass is 186 g/mol. The average molecular weight is 187 g/mol. The molecule has 0 aromatic rings. The van der Waals surface area contributed by atoms with Gasteiger partial charge in [0.1, 0.15) is 0 Å². The molecule has 0 aromatic heterocycles. The Morgan fingerprint density at radius 3 is 3.00 bits per heavy atom. The molecule has 1 nitrogen and oxygen atoms in total. The van der Waals surface area contributed by atoms with Crippen molar-refractivity contribution >= 4 is 33.9 Å². The number of thiocarbonyl (C=S) groups is 1. The fourth-order valence-electron chi connectivity index (χ4n) is 0.891. The lowest BCUT2D eigenvalue weighted by Crippen LogP contribution is -2.04. The molecule has 3 heteroatoms. The molecule has 11 heavy (non-hydrogen) atoms. The first-order valence-corrected chi connectivity index (χ1v) is 4.06. The van der Waals surface area contributed by atoms with E-state index in [2.05, 4.69) is 0 Å². The van der Waals surface area contributed by atoms with E-state index in [0.29, 0.717) is 0 Å². The van der Waals surface area contributed by atoms with E-state index >= 15 is 0 Å². The number of halogens is 1. The van der Waals surface area contributed by atoms with Gasteiger partial charge in [-0.1, -0.05) is 30.4 Å². The van der Waals surface area contributed by atoms with Crippen LogP contribution in [0.3, 0.4) is 0 Å². The van der Waals surface area contributed by atoms with Gasteiger partial charge in [-0.15, -0.1) is 0 Å². The second-order valence-electron chi connectivity index (χ2n) is 2.28. The lowest BCUT2D eigenvalue weighted by Gasteiger charge is -2.06. The van der Waals surface area contributed by atoms with Crippen LogP contribution in [0.15, 0.2) is 23.8 Å². The molecule has 0 N–H and O–H groups in total. The van der Waals surface area contributed by atoms with Crippen LogP contribution in [0.25, 0.3) is 0 Å². The summed E-state index contributed by atoms with van der Waals surface area (Å²) in [6.45, 7) is 0. The molecule has 0 atom stereocenters. The smallest absolute Gasteiger partial charge is 0.226 e. The van der Waals surface area contributed by atoms with Gasteiger partial charge in [0.05, 0.1) is 0 Å². The van der Waals surface area contributed by atoms with E-state index in [1.165, 1.54) is 0 Å². The quantitative estimate of drug-likeness (QED) is 0.487. The molecule has 0 bridgehead atoms. The number of rotatable bonds is 2. The van der Waals surface area contributed by atoms with Gasteiger partial charge in [0, 0.05) is 17.7 Å². The fraction of sp³-hybridized carbons (Fsp3) is 0.250. The maximum Gasteiger partial charge on any atom is 0.226 e. The van der Waals surface area contributed by atoms with Crippen LogP contribution in [-0.4, -0.2) is 10.1 Å². The Balaban J connectivity index is 2.68. The van der Waals surface area contributed by atoms with Crippen LogP contribution >= 0.6 is 23.8 Å². The zero-order valence-electron chi connectivity index (χ0n) is 5.84. The summed E-state index contributed by atoms with van der Waals surface area (Å²) in [5.41, 5.74) is 0.877. The van der Waals surface area contributed by atoms with Crippen molar-refractivity contribution in [2.75, 3.05) is 0 Å². The molecule has 0 aromatic carbocycles. The number of allylic oxidation sites excluding steroid dienone is 4. The van der Waals surface area contributed by atoms with E-state index in [0.717, 1.165) is 16.9 Å². The van der Waals surface area contributed by atoms with Crippen molar-refractivity contribution in [3.8, 4) is 0 Å². The zero-order valence-corrected chi connectivity index (χ0v) is 7.41. The molecule has 0 spiro atoms. The summed E-state index contributed by atoms with van der Waals surface area (Å²) in [6, 6.07) is 0. The van der Waals surface area contributed by atoms with E-state index < -0.39 is 0 Å². The zero-order chi connectivity index (χ0) is 8.27.